The molecular weight excluding hydrogens is 404 g/mol. The number of esters is 2. The number of fused-ring (bicyclic) bond motifs is 1. The average molecular weight is 425 g/mol. The number of carbonyl (C=O) groups excluding carboxylic acids is 2. The van der Waals surface area contributed by atoms with Crippen LogP contribution >= 0.6 is 23.1 Å². The molecule has 0 bridgehead atoms. The largest absolute Gasteiger partial charge is 0.453 e. The highest BCUT2D eigenvalue weighted by Crippen LogP contribution is 2.32. The van der Waals surface area contributed by atoms with E-state index in [9.17, 15) is 9.59 Å². The SMILES string of the molecule is Cc1nsc(C)c1C(=O)O[C@H]1CO[C@H]2[C@@H]1OC[C@H]2OC(=O)c1c(C)nsc1C. The van der Waals surface area contributed by atoms with Crippen LogP contribution in [0.3, 0.4) is 0 Å². The van der Waals surface area contributed by atoms with Crippen LogP contribution in [-0.4, -0.2) is 58.3 Å². The van der Waals surface area contributed by atoms with Crippen molar-refractivity contribution in [1.82, 2.24) is 8.75 Å². The molecule has 4 rings (SSSR count). The standard InChI is InChI=1S/C18H20N2O6S2/c1-7-13(9(3)27-19-7)17(21)25-11-5-23-16-12(6-24-15(11)16)26-18(22)14-8(2)20-28-10(14)4/h11-12,15-16H,5-6H2,1-4H3/t11-,12+,15-,16-/m1/s1. The molecule has 0 N–H and O–H groups in total. The van der Waals surface area contributed by atoms with Gasteiger partial charge in [-0.1, -0.05) is 0 Å². The molecule has 0 spiro atoms. The quantitative estimate of drug-likeness (QED) is 0.690. The van der Waals surface area contributed by atoms with Gasteiger partial charge in [0.25, 0.3) is 0 Å². The summed E-state index contributed by atoms with van der Waals surface area (Å²) in [5.41, 5.74) is 2.28. The van der Waals surface area contributed by atoms with Crippen LogP contribution in [0, 0.1) is 27.7 Å². The second-order valence-corrected chi connectivity index (χ2v) is 8.84. The molecule has 2 aromatic rings. The zero-order valence-electron chi connectivity index (χ0n) is 15.9. The number of aryl methyl sites for hydroxylation is 4. The Kier molecular flexibility index (Phi) is 5.21. The van der Waals surface area contributed by atoms with Gasteiger partial charge >= 0.3 is 11.9 Å². The minimum Gasteiger partial charge on any atom is -0.453 e. The van der Waals surface area contributed by atoms with Gasteiger partial charge in [0.15, 0.2) is 12.2 Å². The zero-order chi connectivity index (χ0) is 20.0. The summed E-state index contributed by atoms with van der Waals surface area (Å²) in [7, 11) is 0. The van der Waals surface area contributed by atoms with Gasteiger partial charge < -0.3 is 18.9 Å². The third-order valence-electron chi connectivity index (χ3n) is 4.95. The van der Waals surface area contributed by atoms with E-state index in [0.717, 1.165) is 9.75 Å². The number of rotatable bonds is 4. The van der Waals surface area contributed by atoms with E-state index in [1.54, 1.807) is 13.8 Å². The van der Waals surface area contributed by atoms with Crippen molar-refractivity contribution >= 4 is 35.0 Å². The fourth-order valence-corrected chi connectivity index (χ4v) is 4.95. The minimum atomic E-state index is -0.550. The van der Waals surface area contributed by atoms with Crippen molar-refractivity contribution in [3.8, 4) is 0 Å². The molecule has 0 saturated carbocycles. The Hall–Kier alpha value is -1.88. The first-order valence-electron chi connectivity index (χ1n) is 8.87. The monoisotopic (exact) mass is 424 g/mol. The Bertz CT molecular complexity index is 810. The lowest BCUT2D eigenvalue weighted by Crippen LogP contribution is -2.36. The van der Waals surface area contributed by atoms with E-state index in [4.69, 9.17) is 18.9 Å². The fraction of sp³-hybridized carbons (Fsp3) is 0.556. The first-order chi connectivity index (χ1) is 13.4. The summed E-state index contributed by atoms with van der Waals surface area (Å²) in [5, 5.41) is 0. The molecule has 8 nitrogen and oxygen atoms in total. The number of nitrogens with zero attached hydrogens (tertiary/aromatic N) is 2. The Labute approximate surface area is 170 Å². The molecule has 0 unspecified atom stereocenters. The van der Waals surface area contributed by atoms with Gasteiger partial charge in [0, 0.05) is 9.75 Å². The van der Waals surface area contributed by atoms with Gasteiger partial charge in [-0.3, -0.25) is 0 Å². The second-order valence-electron chi connectivity index (χ2n) is 6.88. The molecule has 2 saturated heterocycles. The molecule has 10 heteroatoms. The van der Waals surface area contributed by atoms with Crippen molar-refractivity contribution in [2.75, 3.05) is 13.2 Å². The van der Waals surface area contributed by atoms with Crippen LogP contribution in [0.1, 0.15) is 41.9 Å². The molecule has 2 aliphatic rings. The van der Waals surface area contributed by atoms with E-state index >= 15 is 0 Å². The summed E-state index contributed by atoms with van der Waals surface area (Å²) in [6.45, 7) is 7.61. The third-order valence-corrected chi connectivity index (χ3v) is 6.64. The van der Waals surface area contributed by atoms with Crippen LogP contribution in [0.4, 0.5) is 0 Å². The molecule has 0 radical (unpaired) electrons. The van der Waals surface area contributed by atoms with E-state index in [2.05, 4.69) is 8.75 Å². The molecule has 0 aliphatic carbocycles. The van der Waals surface area contributed by atoms with Crippen LogP contribution in [-0.2, 0) is 18.9 Å². The molecule has 2 fully saturated rings. The molecule has 2 aromatic heterocycles. The maximum atomic E-state index is 12.5. The fourth-order valence-electron chi connectivity index (χ4n) is 3.57. The van der Waals surface area contributed by atoms with E-state index in [1.165, 1.54) is 23.1 Å². The zero-order valence-corrected chi connectivity index (χ0v) is 17.5. The first kappa shape index (κ1) is 19.4. The number of ether oxygens (including phenoxy) is 4. The molecular formula is C18H20N2O6S2. The Morgan fingerprint density at radius 1 is 0.821 bits per heavy atom. The number of hydrogen-bond acceptors (Lipinski definition) is 10. The molecule has 0 aromatic carbocycles. The summed E-state index contributed by atoms with van der Waals surface area (Å²) in [6, 6.07) is 0. The predicted octanol–water partition coefficient (Wildman–Crippen LogP) is 2.38. The lowest BCUT2D eigenvalue weighted by Gasteiger charge is -2.17. The maximum absolute atomic E-state index is 12.5. The van der Waals surface area contributed by atoms with Crippen molar-refractivity contribution < 1.29 is 28.5 Å². The normalized spacial score (nSPS) is 26.3. The highest BCUT2D eigenvalue weighted by molar-refractivity contribution is 7.06. The van der Waals surface area contributed by atoms with E-state index in [-0.39, 0.29) is 13.2 Å². The third kappa shape index (κ3) is 3.34. The van der Waals surface area contributed by atoms with E-state index < -0.39 is 36.4 Å². The molecule has 150 valence electrons. The number of aromatic nitrogens is 2. The van der Waals surface area contributed by atoms with Crippen molar-refractivity contribution in [3.05, 3.63) is 32.3 Å². The lowest BCUT2D eigenvalue weighted by molar-refractivity contribution is -0.0288. The Morgan fingerprint density at radius 3 is 1.54 bits per heavy atom. The van der Waals surface area contributed by atoms with E-state index in [1.807, 2.05) is 13.8 Å². The predicted molar refractivity (Wildman–Crippen MR) is 101 cm³/mol. The number of carbonyl (C=O) groups is 2. The summed E-state index contributed by atoms with van der Waals surface area (Å²) in [4.78, 5) is 26.7. The van der Waals surface area contributed by atoms with Gasteiger partial charge in [0.05, 0.1) is 35.7 Å². The van der Waals surface area contributed by atoms with Gasteiger partial charge in [-0.05, 0) is 50.8 Å². The minimum absolute atomic E-state index is 0.197. The van der Waals surface area contributed by atoms with Crippen LogP contribution in [0.2, 0.25) is 0 Å². The Balaban J connectivity index is 1.41. The summed E-state index contributed by atoms with van der Waals surface area (Å²) >= 11 is 2.54. The van der Waals surface area contributed by atoms with Gasteiger partial charge in [0.2, 0.25) is 0 Å². The van der Waals surface area contributed by atoms with Crippen molar-refractivity contribution in [3.63, 3.8) is 0 Å². The van der Waals surface area contributed by atoms with Gasteiger partial charge in [-0.2, -0.15) is 8.75 Å². The van der Waals surface area contributed by atoms with Crippen LogP contribution in [0.25, 0.3) is 0 Å². The molecule has 28 heavy (non-hydrogen) atoms. The van der Waals surface area contributed by atoms with Crippen LogP contribution in [0.15, 0.2) is 0 Å². The smallest absolute Gasteiger partial charge is 0.341 e. The number of hydrogen-bond donors (Lipinski definition) is 0. The summed E-state index contributed by atoms with van der Waals surface area (Å²) < 4.78 is 31.1. The van der Waals surface area contributed by atoms with Gasteiger partial charge in [-0.25, -0.2) is 9.59 Å². The van der Waals surface area contributed by atoms with E-state index in [0.29, 0.717) is 22.5 Å². The van der Waals surface area contributed by atoms with Gasteiger partial charge in [-0.15, -0.1) is 0 Å². The van der Waals surface area contributed by atoms with Crippen LogP contribution in [0.5, 0.6) is 0 Å². The van der Waals surface area contributed by atoms with Crippen molar-refractivity contribution in [1.29, 1.82) is 0 Å². The second kappa shape index (κ2) is 7.51. The average Bonchev–Trinajstić information content (AvgIpc) is 3.37. The Morgan fingerprint density at radius 2 is 1.21 bits per heavy atom. The summed E-state index contributed by atoms with van der Waals surface area (Å²) in [6.07, 6.45) is -2.02. The molecule has 0 amide bonds. The highest BCUT2D eigenvalue weighted by Gasteiger charge is 2.51. The van der Waals surface area contributed by atoms with Gasteiger partial charge in [0.1, 0.15) is 12.2 Å². The molecule has 4 heterocycles. The molecule has 2 aliphatic heterocycles. The summed E-state index contributed by atoms with van der Waals surface area (Å²) in [5.74, 6) is -0.865. The maximum Gasteiger partial charge on any atom is 0.341 e. The van der Waals surface area contributed by atoms with Crippen molar-refractivity contribution in [2.45, 2.75) is 52.1 Å². The van der Waals surface area contributed by atoms with Crippen molar-refractivity contribution in [2.24, 2.45) is 0 Å². The lowest BCUT2D eigenvalue weighted by atomic mass is 10.1. The topological polar surface area (TPSA) is 96.8 Å². The molecule has 4 atom stereocenters. The highest BCUT2D eigenvalue weighted by atomic mass is 32.1. The van der Waals surface area contributed by atoms with Crippen LogP contribution < -0.4 is 0 Å². The first-order valence-corrected chi connectivity index (χ1v) is 10.4.